The van der Waals surface area contributed by atoms with Crippen molar-refractivity contribution in [2.45, 2.75) is 46.6 Å². The van der Waals surface area contributed by atoms with Crippen molar-refractivity contribution < 1.29 is 24.5 Å². The van der Waals surface area contributed by atoms with Crippen LogP contribution >= 0.6 is 11.6 Å². The van der Waals surface area contributed by atoms with Crippen LogP contribution in [-0.2, 0) is 49.9 Å². The molecule has 4 rings (SSSR count). The number of esters is 1. The van der Waals surface area contributed by atoms with Crippen molar-refractivity contribution in [3.05, 3.63) is 57.3 Å². The SMILES string of the molecule is COC(=O)c1c(C)c2c(-c3c(COCc4cc(CO)n(C)n4)nn(C)c3C)c(Cl)ccc2n1CCCO. The van der Waals surface area contributed by atoms with Crippen molar-refractivity contribution in [1.29, 1.82) is 0 Å². The number of aliphatic hydroxyl groups excluding tert-OH is 2. The summed E-state index contributed by atoms with van der Waals surface area (Å²) in [5, 5.41) is 29.3. The predicted octanol–water partition coefficient (Wildman–Crippen LogP) is 3.42. The van der Waals surface area contributed by atoms with E-state index in [0.29, 0.717) is 40.8 Å². The van der Waals surface area contributed by atoms with E-state index in [9.17, 15) is 15.0 Å². The number of ether oxygens (including phenoxy) is 2. The number of aryl methyl sites for hydroxylation is 4. The fraction of sp³-hybridized carbons (Fsp3) is 0.423. The molecule has 2 N–H and O–H groups in total. The summed E-state index contributed by atoms with van der Waals surface area (Å²) in [6, 6.07) is 5.51. The van der Waals surface area contributed by atoms with Crippen LogP contribution in [0, 0.1) is 13.8 Å². The van der Waals surface area contributed by atoms with Crippen LogP contribution in [0.15, 0.2) is 18.2 Å². The Morgan fingerprint density at radius 2 is 1.84 bits per heavy atom. The first-order chi connectivity index (χ1) is 17.7. The Labute approximate surface area is 220 Å². The van der Waals surface area contributed by atoms with E-state index in [2.05, 4.69) is 5.10 Å². The number of aromatic nitrogens is 5. The topological polar surface area (TPSA) is 117 Å². The molecule has 0 saturated carbocycles. The van der Waals surface area contributed by atoms with Gasteiger partial charge in [0.05, 0.1) is 44.0 Å². The zero-order chi connectivity index (χ0) is 26.9. The molecule has 198 valence electrons. The van der Waals surface area contributed by atoms with E-state index < -0.39 is 5.97 Å². The number of hydrogen-bond donors (Lipinski definition) is 2. The molecule has 4 aromatic rings. The maximum atomic E-state index is 12.8. The molecule has 3 aromatic heterocycles. The number of fused-ring (bicyclic) bond motifs is 1. The minimum atomic E-state index is -0.446. The highest BCUT2D eigenvalue weighted by atomic mass is 35.5. The van der Waals surface area contributed by atoms with Crippen molar-refractivity contribution in [3.8, 4) is 11.1 Å². The molecule has 0 atom stereocenters. The number of hydrogen-bond acceptors (Lipinski definition) is 7. The zero-order valence-electron chi connectivity index (χ0n) is 21.7. The average Bonchev–Trinajstić information content (AvgIpc) is 3.48. The third kappa shape index (κ3) is 4.89. The highest BCUT2D eigenvalue weighted by Gasteiger charge is 2.27. The highest BCUT2D eigenvalue weighted by Crippen LogP contribution is 2.42. The Bertz CT molecular complexity index is 1450. The molecule has 0 fully saturated rings. The van der Waals surface area contributed by atoms with Gasteiger partial charge in [0.1, 0.15) is 5.69 Å². The summed E-state index contributed by atoms with van der Waals surface area (Å²) in [5.41, 5.74) is 6.63. The molecule has 0 unspecified atom stereocenters. The summed E-state index contributed by atoms with van der Waals surface area (Å²) in [6.45, 7) is 4.67. The summed E-state index contributed by atoms with van der Waals surface area (Å²) in [6.07, 6.45) is 0.488. The summed E-state index contributed by atoms with van der Waals surface area (Å²) in [5.74, 6) is -0.446. The number of halogens is 1. The summed E-state index contributed by atoms with van der Waals surface area (Å²) < 4.78 is 16.4. The third-order valence-corrected chi connectivity index (χ3v) is 6.99. The van der Waals surface area contributed by atoms with Crippen LogP contribution in [0.25, 0.3) is 22.0 Å². The second-order valence-corrected chi connectivity index (χ2v) is 9.35. The van der Waals surface area contributed by atoms with Crippen LogP contribution in [0.4, 0.5) is 0 Å². The first kappa shape index (κ1) is 26.9. The van der Waals surface area contributed by atoms with Crippen molar-refractivity contribution in [2.24, 2.45) is 14.1 Å². The van der Waals surface area contributed by atoms with Gasteiger partial charge in [-0.3, -0.25) is 9.36 Å². The summed E-state index contributed by atoms with van der Waals surface area (Å²) in [7, 11) is 4.99. The molecular formula is C26H32ClN5O5. The average molecular weight is 530 g/mol. The van der Waals surface area contributed by atoms with Gasteiger partial charge in [0.15, 0.2) is 0 Å². The Kier molecular flexibility index (Phi) is 8.03. The van der Waals surface area contributed by atoms with Crippen molar-refractivity contribution in [2.75, 3.05) is 13.7 Å². The molecule has 0 amide bonds. The lowest BCUT2D eigenvalue weighted by atomic mass is 9.97. The van der Waals surface area contributed by atoms with Gasteiger partial charge in [0.25, 0.3) is 0 Å². The van der Waals surface area contributed by atoms with Gasteiger partial charge in [0, 0.05) is 60.0 Å². The largest absolute Gasteiger partial charge is 0.464 e. The Morgan fingerprint density at radius 3 is 2.49 bits per heavy atom. The van der Waals surface area contributed by atoms with Crippen molar-refractivity contribution >= 4 is 28.5 Å². The Balaban J connectivity index is 1.81. The van der Waals surface area contributed by atoms with E-state index in [-0.39, 0.29) is 26.4 Å². The number of nitrogens with zero attached hydrogens (tertiary/aromatic N) is 5. The van der Waals surface area contributed by atoms with Gasteiger partial charge in [-0.05, 0) is 44.0 Å². The van der Waals surface area contributed by atoms with E-state index in [1.54, 1.807) is 22.5 Å². The van der Waals surface area contributed by atoms with Crippen LogP contribution in [0.2, 0.25) is 5.02 Å². The molecule has 3 heterocycles. The molecule has 0 radical (unpaired) electrons. The van der Waals surface area contributed by atoms with E-state index in [4.69, 9.17) is 26.2 Å². The number of benzene rings is 1. The van der Waals surface area contributed by atoms with E-state index in [1.807, 2.05) is 37.6 Å². The quantitative estimate of drug-likeness (QED) is 0.302. The molecule has 0 aliphatic heterocycles. The van der Waals surface area contributed by atoms with Gasteiger partial charge in [-0.2, -0.15) is 10.2 Å². The van der Waals surface area contributed by atoms with Crippen molar-refractivity contribution in [3.63, 3.8) is 0 Å². The number of carbonyl (C=O) groups is 1. The van der Waals surface area contributed by atoms with Crippen LogP contribution in [0.3, 0.4) is 0 Å². The minimum absolute atomic E-state index is 0.000942. The van der Waals surface area contributed by atoms with Crippen LogP contribution in [-0.4, -0.2) is 54.0 Å². The summed E-state index contributed by atoms with van der Waals surface area (Å²) in [4.78, 5) is 12.8. The van der Waals surface area contributed by atoms with Gasteiger partial charge in [-0.25, -0.2) is 4.79 Å². The lowest BCUT2D eigenvalue weighted by Crippen LogP contribution is -2.12. The van der Waals surface area contributed by atoms with Crippen molar-refractivity contribution in [1.82, 2.24) is 24.1 Å². The fourth-order valence-electron chi connectivity index (χ4n) is 4.82. The Morgan fingerprint density at radius 1 is 1.08 bits per heavy atom. The monoisotopic (exact) mass is 529 g/mol. The van der Waals surface area contributed by atoms with E-state index in [0.717, 1.165) is 33.3 Å². The smallest absolute Gasteiger partial charge is 0.354 e. The standard InChI is InChI=1S/C26H32ClN5O5/c1-15-22-21(32(9-6-10-33)25(15)26(35)36-5)8-7-19(27)24(22)23-16(2)30(3)29-20(23)14-37-13-17-11-18(12-34)31(4)28-17/h7-8,11,33-34H,6,9-10,12-14H2,1-5H3. The van der Waals surface area contributed by atoms with Gasteiger partial charge < -0.3 is 24.3 Å². The van der Waals surface area contributed by atoms with Crippen LogP contribution in [0.5, 0.6) is 0 Å². The number of carbonyl (C=O) groups excluding carboxylic acids is 1. The third-order valence-electron chi connectivity index (χ3n) is 6.68. The van der Waals surface area contributed by atoms with Gasteiger partial charge >= 0.3 is 5.97 Å². The van der Waals surface area contributed by atoms with Gasteiger partial charge in [-0.1, -0.05) is 11.6 Å². The molecule has 11 heteroatoms. The molecule has 0 aliphatic rings. The number of aliphatic hydroxyl groups is 2. The van der Waals surface area contributed by atoms with E-state index in [1.165, 1.54) is 7.11 Å². The minimum Gasteiger partial charge on any atom is -0.464 e. The van der Waals surface area contributed by atoms with Crippen LogP contribution < -0.4 is 0 Å². The predicted molar refractivity (Wildman–Crippen MR) is 139 cm³/mol. The maximum Gasteiger partial charge on any atom is 0.354 e. The lowest BCUT2D eigenvalue weighted by molar-refractivity contribution is 0.0587. The molecule has 1 aromatic carbocycles. The maximum absolute atomic E-state index is 12.8. The zero-order valence-corrected chi connectivity index (χ0v) is 22.5. The normalized spacial score (nSPS) is 11.6. The highest BCUT2D eigenvalue weighted by molar-refractivity contribution is 6.35. The first-order valence-corrected chi connectivity index (χ1v) is 12.3. The number of rotatable bonds is 10. The van der Waals surface area contributed by atoms with E-state index >= 15 is 0 Å². The van der Waals surface area contributed by atoms with Gasteiger partial charge in [-0.15, -0.1) is 0 Å². The van der Waals surface area contributed by atoms with Gasteiger partial charge in [0.2, 0.25) is 0 Å². The second-order valence-electron chi connectivity index (χ2n) is 8.94. The molecule has 0 saturated heterocycles. The molecule has 37 heavy (non-hydrogen) atoms. The first-order valence-electron chi connectivity index (χ1n) is 12.0. The second kappa shape index (κ2) is 11.1. The molecule has 0 aliphatic carbocycles. The molecule has 0 bridgehead atoms. The molecular weight excluding hydrogens is 498 g/mol. The number of methoxy groups -OCH3 is 1. The molecule has 10 nitrogen and oxygen atoms in total. The Hall–Kier alpha value is -3.18. The summed E-state index contributed by atoms with van der Waals surface area (Å²) >= 11 is 6.83. The lowest BCUT2D eigenvalue weighted by Gasteiger charge is -2.12. The molecule has 0 spiro atoms. The van der Waals surface area contributed by atoms with Crippen LogP contribution in [0.1, 0.15) is 45.2 Å². The fourth-order valence-corrected chi connectivity index (χ4v) is 5.07.